The highest BCUT2D eigenvalue weighted by atomic mass is 32.2. The van der Waals surface area contributed by atoms with Crippen LogP contribution in [0.4, 0.5) is 0 Å². The molecular formula is C63H106O7SSi3. The third-order valence-electron chi connectivity index (χ3n) is 17.2. The number of rotatable bonds is 27. The standard InChI is InChI=1S/C63H106O7SSi3/c1-25-26-30-45(3)58(66-43-51-35-38-52(65-18)39-36-51)48(6)55(64)40-33-44(2)41-47(5)57(69-73(21,22)62(12,13)14)46(4)34-37-53(68-72(19,20)61(9,10)11)42-56-49(7)59(70-74(23,24)63(15,16)17)50(8)60(67-56)71-54-31-28-27-29-32-54/h25-32,34-39,41,45-50,53,56-60H,1,33,40,42-43H2,2-24H3/b30-26-,37-34-,44-41-/t45-,46-,47-,48-,49-,50+,53+,56-,57-,58-,59-,60+/m1/s1. The first-order chi connectivity index (χ1) is 34.0. The van der Waals surface area contributed by atoms with E-state index in [0.29, 0.717) is 19.4 Å². The molecule has 0 radical (unpaired) electrons. The molecule has 1 aliphatic rings. The molecule has 74 heavy (non-hydrogen) atoms. The number of methoxy groups -OCH3 is 1. The maximum absolute atomic E-state index is 14.1. The summed E-state index contributed by atoms with van der Waals surface area (Å²) in [6.07, 6.45) is 14.2. The molecule has 1 fully saturated rings. The van der Waals surface area contributed by atoms with Gasteiger partial charge in [0.1, 0.15) is 17.0 Å². The van der Waals surface area contributed by atoms with Gasteiger partial charge in [0.2, 0.25) is 0 Å². The predicted octanol–water partition coefficient (Wildman–Crippen LogP) is 18.1. The fourth-order valence-electron chi connectivity index (χ4n) is 8.99. The van der Waals surface area contributed by atoms with Gasteiger partial charge in [-0.3, -0.25) is 4.79 Å². The molecule has 418 valence electrons. The molecule has 0 aliphatic carbocycles. The van der Waals surface area contributed by atoms with E-state index < -0.39 is 25.0 Å². The van der Waals surface area contributed by atoms with Crippen LogP contribution in [0, 0.1) is 35.5 Å². The lowest BCUT2D eigenvalue weighted by Crippen LogP contribution is -2.55. The molecular weight excluding hydrogens is 985 g/mol. The summed E-state index contributed by atoms with van der Waals surface area (Å²) in [7, 11) is -4.92. The van der Waals surface area contributed by atoms with Crippen molar-refractivity contribution >= 4 is 42.5 Å². The molecule has 2 aromatic rings. The van der Waals surface area contributed by atoms with Gasteiger partial charge in [0, 0.05) is 41.4 Å². The summed E-state index contributed by atoms with van der Waals surface area (Å²) in [4.78, 5) is 15.3. The van der Waals surface area contributed by atoms with Crippen LogP contribution in [0.5, 0.6) is 5.75 Å². The third kappa shape index (κ3) is 19.2. The summed E-state index contributed by atoms with van der Waals surface area (Å²) in [5, 5.41) is 0.129. The minimum atomic E-state index is -2.24. The first kappa shape index (κ1) is 66.0. The second kappa shape index (κ2) is 28.0. The molecule has 0 unspecified atom stereocenters. The molecule has 12 atom stereocenters. The van der Waals surface area contributed by atoms with E-state index in [1.807, 2.05) is 49.0 Å². The largest absolute Gasteiger partial charge is 0.497 e. The molecule has 0 aromatic heterocycles. The monoisotopic (exact) mass is 1090 g/mol. The number of Topliss-reactive ketones (excluding diaryl/α,β-unsaturated/α-hetero) is 1. The predicted molar refractivity (Wildman–Crippen MR) is 325 cm³/mol. The van der Waals surface area contributed by atoms with Crippen LogP contribution < -0.4 is 4.74 Å². The van der Waals surface area contributed by atoms with Gasteiger partial charge in [0.25, 0.3) is 0 Å². The van der Waals surface area contributed by atoms with E-state index in [2.05, 4.69) is 204 Å². The maximum atomic E-state index is 14.1. The number of ketones is 1. The van der Waals surface area contributed by atoms with Crippen LogP contribution in [0.25, 0.3) is 0 Å². The lowest BCUT2D eigenvalue weighted by molar-refractivity contribution is -0.134. The van der Waals surface area contributed by atoms with Crippen molar-refractivity contribution in [3.63, 3.8) is 0 Å². The van der Waals surface area contributed by atoms with Crippen molar-refractivity contribution < 1.29 is 32.3 Å². The summed E-state index contributed by atoms with van der Waals surface area (Å²) in [6.45, 7) is 55.0. The first-order valence-electron chi connectivity index (χ1n) is 27.9. The fourth-order valence-corrected chi connectivity index (χ4v) is 14.4. The second-order valence-corrected chi connectivity index (χ2v) is 41.9. The topological polar surface area (TPSA) is 72.5 Å². The van der Waals surface area contributed by atoms with Crippen LogP contribution in [0.2, 0.25) is 54.4 Å². The number of hydrogen-bond donors (Lipinski definition) is 0. The Balaban J connectivity index is 1.98. The van der Waals surface area contributed by atoms with Gasteiger partial charge >= 0.3 is 0 Å². The lowest BCUT2D eigenvalue weighted by Gasteiger charge is -2.50. The summed E-state index contributed by atoms with van der Waals surface area (Å²) in [5.74, 6) is 1.26. The molecule has 7 nitrogen and oxygen atoms in total. The number of ether oxygens (including phenoxy) is 3. The molecule has 11 heteroatoms. The number of hydrogen-bond acceptors (Lipinski definition) is 8. The van der Waals surface area contributed by atoms with Gasteiger partial charge in [0.15, 0.2) is 25.0 Å². The van der Waals surface area contributed by atoms with Crippen LogP contribution in [0.15, 0.2) is 108 Å². The van der Waals surface area contributed by atoms with Gasteiger partial charge in [0.05, 0.1) is 44.2 Å². The highest BCUT2D eigenvalue weighted by Gasteiger charge is 2.49. The molecule has 0 bridgehead atoms. The Labute approximate surface area is 461 Å². The third-order valence-corrected chi connectivity index (χ3v) is 32.0. The van der Waals surface area contributed by atoms with Crippen molar-refractivity contribution in [1.29, 1.82) is 0 Å². The van der Waals surface area contributed by atoms with E-state index in [1.165, 1.54) is 10.5 Å². The van der Waals surface area contributed by atoms with E-state index >= 15 is 0 Å². The summed E-state index contributed by atoms with van der Waals surface area (Å²) >= 11 is 1.82. The summed E-state index contributed by atoms with van der Waals surface area (Å²) in [5.41, 5.74) is 2.17. The zero-order valence-corrected chi connectivity index (χ0v) is 54.7. The molecule has 0 N–H and O–H groups in total. The second-order valence-electron chi connectivity index (χ2n) is 26.5. The molecule has 0 saturated carbocycles. The van der Waals surface area contributed by atoms with Crippen molar-refractivity contribution in [2.45, 2.75) is 232 Å². The Morgan fingerprint density at radius 1 is 0.716 bits per heavy atom. The van der Waals surface area contributed by atoms with Gasteiger partial charge in [-0.2, -0.15) is 0 Å². The summed E-state index contributed by atoms with van der Waals surface area (Å²) in [6, 6.07) is 18.6. The quantitative estimate of drug-likeness (QED) is 0.0498. The maximum Gasteiger partial charge on any atom is 0.192 e. The normalized spacial score (nSPS) is 22.8. The fraction of sp³-hybridized carbons (Fsp3) is 0.667. The van der Waals surface area contributed by atoms with Crippen LogP contribution in [0.3, 0.4) is 0 Å². The Hall–Kier alpha value is -2.33. The highest BCUT2D eigenvalue weighted by molar-refractivity contribution is 7.99. The molecule has 1 saturated heterocycles. The van der Waals surface area contributed by atoms with Gasteiger partial charge in [-0.05, 0) is 109 Å². The van der Waals surface area contributed by atoms with Gasteiger partial charge in [-0.15, -0.1) is 0 Å². The van der Waals surface area contributed by atoms with E-state index in [1.54, 1.807) is 13.2 Å². The Morgan fingerprint density at radius 3 is 1.81 bits per heavy atom. The van der Waals surface area contributed by atoms with E-state index in [0.717, 1.165) is 17.7 Å². The minimum Gasteiger partial charge on any atom is -0.497 e. The van der Waals surface area contributed by atoms with Crippen LogP contribution in [-0.4, -0.2) is 73.8 Å². The molecule has 0 spiro atoms. The highest BCUT2D eigenvalue weighted by Crippen LogP contribution is 2.47. The number of benzene rings is 2. The van der Waals surface area contributed by atoms with Crippen LogP contribution in [-0.2, 0) is 34.2 Å². The van der Waals surface area contributed by atoms with Crippen LogP contribution >= 0.6 is 11.8 Å². The minimum absolute atomic E-state index is 0.0210. The zero-order valence-electron chi connectivity index (χ0n) is 50.9. The Kier molecular flexibility index (Phi) is 25.0. The van der Waals surface area contributed by atoms with Gasteiger partial charge < -0.3 is 27.5 Å². The van der Waals surface area contributed by atoms with Gasteiger partial charge in [-0.1, -0.05) is 195 Å². The number of carbonyl (C=O) groups is 1. The van der Waals surface area contributed by atoms with E-state index in [9.17, 15) is 4.79 Å². The average Bonchev–Trinajstić information content (AvgIpc) is 3.30. The Morgan fingerprint density at radius 2 is 1.27 bits per heavy atom. The molecule has 0 amide bonds. The molecule has 3 rings (SSSR count). The van der Waals surface area contributed by atoms with Crippen molar-refractivity contribution in [2.75, 3.05) is 7.11 Å². The number of allylic oxidation sites excluding steroid dienone is 3. The van der Waals surface area contributed by atoms with E-state index in [4.69, 9.17) is 27.5 Å². The van der Waals surface area contributed by atoms with Crippen molar-refractivity contribution in [1.82, 2.24) is 0 Å². The first-order valence-corrected chi connectivity index (χ1v) is 37.5. The number of thioether (sulfide) groups is 1. The van der Waals surface area contributed by atoms with E-state index in [-0.39, 0.29) is 92.4 Å². The molecule has 2 aromatic carbocycles. The average molecular weight is 1090 g/mol. The SMILES string of the molecule is C=C/C=C\[C@@H](C)[C@@H](OCc1ccc(OC)cc1)[C@H](C)C(=O)CC/C(C)=C\[C@@H](C)[C@H](O[Si](C)(C)C(C)(C)C)[C@H](C)/C=C\[C@@H](C[C@H]1O[C@@H](Sc2ccccc2)[C@@H](C)[C@H](O[Si](C)(C)C(C)(C)C)[C@@H]1C)O[Si](C)(C)C(C)(C)C. The van der Waals surface area contributed by atoms with Crippen molar-refractivity contribution in [2.24, 2.45) is 35.5 Å². The Bertz CT molecular complexity index is 2110. The number of carbonyl (C=O) groups excluding carboxylic acids is 1. The lowest BCUT2D eigenvalue weighted by atomic mass is 9.84. The van der Waals surface area contributed by atoms with Crippen molar-refractivity contribution in [3.05, 3.63) is 109 Å². The molecule has 1 aliphatic heterocycles. The van der Waals surface area contributed by atoms with Crippen molar-refractivity contribution in [3.8, 4) is 5.75 Å². The zero-order chi connectivity index (χ0) is 56.2. The smallest absolute Gasteiger partial charge is 0.192 e. The van der Waals surface area contributed by atoms with Crippen LogP contribution in [0.1, 0.15) is 136 Å². The van der Waals surface area contributed by atoms with Gasteiger partial charge in [-0.25, -0.2) is 0 Å². The summed E-state index contributed by atoms with van der Waals surface area (Å²) < 4.78 is 41.5. The molecule has 1 heterocycles.